The van der Waals surface area contributed by atoms with Crippen molar-refractivity contribution in [2.75, 3.05) is 30.9 Å². The lowest BCUT2D eigenvalue weighted by Crippen LogP contribution is -2.37. The van der Waals surface area contributed by atoms with E-state index in [2.05, 4.69) is 5.32 Å². The second-order valence-electron chi connectivity index (χ2n) is 5.08. The summed E-state index contributed by atoms with van der Waals surface area (Å²) in [5, 5.41) is 12.1. The summed E-state index contributed by atoms with van der Waals surface area (Å²) in [5.41, 5.74) is 1.45. The maximum atomic E-state index is 11.7. The van der Waals surface area contributed by atoms with Crippen LogP contribution < -0.4 is 21.1 Å². The maximum absolute atomic E-state index is 11.7. The molecule has 106 valence electrons. The highest BCUT2D eigenvalue weighted by molar-refractivity contribution is 5.82. The molecule has 0 aliphatic heterocycles. The summed E-state index contributed by atoms with van der Waals surface area (Å²) in [6.07, 6.45) is -0.580. The van der Waals surface area contributed by atoms with Crippen LogP contribution in [0.2, 0.25) is 0 Å². The molecule has 0 heterocycles. The molecule has 2 N–H and O–H groups in total. The van der Waals surface area contributed by atoms with Crippen LogP contribution in [0.3, 0.4) is 0 Å². The van der Waals surface area contributed by atoms with Gasteiger partial charge in [-0.25, -0.2) is 0 Å². The Morgan fingerprint density at radius 1 is 1.15 bits per heavy atom. The quantitative estimate of drug-likeness (QED) is 0.790. The maximum Gasteiger partial charge on any atom is 0.250 e. The second kappa shape index (κ2) is 5.46. The molecular formula is C15H18N2O3. The molecule has 0 aliphatic rings. The zero-order valence-electron chi connectivity index (χ0n) is 11.8. The Labute approximate surface area is 117 Å². The minimum absolute atomic E-state index is 0.244. The van der Waals surface area contributed by atoms with Gasteiger partial charge in [0.05, 0.1) is 17.4 Å². The van der Waals surface area contributed by atoms with Gasteiger partial charge < -0.3 is 15.3 Å². The molecule has 2 aromatic carbocycles. The molecule has 5 heteroatoms. The lowest BCUT2D eigenvalue weighted by Gasteiger charge is -2.16. The summed E-state index contributed by atoms with van der Waals surface area (Å²) in [6, 6.07) is 7.42. The van der Waals surface area contributed by atoms with E-state index in [9.17, 15) is 14.7 Å². The van der Waals surface area contributed by atoms with E-state index < -0.39 is 17.0 Å². The standard InChI is InChI=1S/C15H18N2O3/c1-9(18)8-16-13-12(14(19)15(13)20)10-4-6-11(7-5-10)17(2)3/h4-7,9,16,18H,8H2,1-3H3/t9-/m0/s1. The Morgan fingerprint density at radius 2 is 1.75 bits per heavy atom. The van der Waals surface area contributed by atoms with Crippen LogP contribution in [-0.4, -0.2) is 31.9 Å². The van der Waals surface area contributed by atoms with Crippen LogP contribution in [0.15, 0.2) is 33.9 Å². The first-order valence-electron chi connectivity index (χ1n) is 6.45. The smallest absolute Gasteiger partial charge is 0.250 e. The SMILES string of the molecule is C[C@H](O)CNc1c(-c2ccc(N(C)C)cc2)c(=O)c1=O. The van der Waals surface area contributed by atoms with Crippen LogP contribution >= 0.6 is 0 Å². The molecule has 5 nitrogen and oxygen atoms in total. The molecule has 0 fully saturated rings. The Morgan fingerprint density at radius 3 is 2.25 bits per heavy atom. The monoisotopic (exact) mass is 274 g/mol. The van der Waals surface area contributed by atoms with Gasteiger partial charge in [0.25, 0.3) is 0 Å². The molecule has 0 unspecified atom stereocenters. The number of hydrogen-bond donors (Lipinski definition) is 2. The molecule has 0 aromatic heterocycles. The number of rotatable bonds is 5. The lowest BCUT2D eigenvalue weighted by molar-refractivity contribution is 0.208. The van der Waals surface area contributed by atoms with Crippen molar-refractivity contribution < 1.29 is 5.11 Å². The molecule has 0 radical (unpaired) electrons. The third-order valence-corrected chi connectivity index (χ3v) is 3.16. The van der Waals surface area contributed by atoms with Crippen LogP contribution in [-0.2, 0) is 0 Å². The third-order valence-electron chi connectivity index (χ3n) is 3.16. The molecular weight excluding hydrogens is 256 g/mol. The van der Waals surface area contributed by atoms with Crippen molar-refractivity contribution in [1.82, 2.24) is 0 Å². The van der Waals surface area contributed by atoms with Crippen LogP contribution in [0.5, 0.6) is 0 Å². The Balaban J connectivity index is 2.31. The number of aliphatic hydroxyl groups is 1. The summed E-state index contributed by atoms with van der Waals surface area (Å²) in [4.78, 5) is 25.2. The first-order valence-corrected chi connectivity index (χ1v) is 6.45. The first kappa shape index (κ1) is 14.3. The fourth-order valence-corrected chi connectivity index (χ4v) is 2.01. The number of hydrogen-bond acceptors (Lipinski definition) is 5. The summed E-state index contributed by atoms with van der Waals surface area (Å²) in [7, 11) is 3.86. The number of nitrogens with zero attached hydrogens (tertiary/aromatic N) is 1. The van der Waals surface area contributed by atoms with Gasteiger partial charge in [-0.2, -0.15) is 0 Å². The summed E-state index contributed by atoms with van der Waals surface area (Å²) >= 11 is 0. The van der Waals surface area contributed by atoms with E-state index in [0.717, 1.165) is 5.69 Å². The predicted molar refractivity (Wildman–Crippen MR) is 81.3 cm³/mol. The van der Waals surface area contributed by atoms with Gasteiger partial charge in [-0.05, 0) is 24.6 Å². The second-order valence-corrected chi connectivity index (χ2v) is 5.08. The van der Waals surface area contributed by atoms with Gasteiger partial charge in [0.2, 0.25) is 10.9 Å². The fraction of sp³-hybridized carbons (Fsp3) is 0.333. The molecule has 2 aromatic rings. The van der Waals surface area contributed by atoms with Crippen LogP contribution in [0.1, 0.15) is 6.92 Å². The summed E-state index contributed by atoms with van der Waals surface area (Å²) in [6.45, 7) is 1.86. The number of benzene rings is 1. The van der Waals surface area contributed by atoms with E-state index in [4.69, 9.17) is 0 Å². The zero-order chi connectivity index (χ0) is 14.9. The van der Waals surface area contributed by atoms with Crippen molar-refractivity contribution in [1.29, 1.82) is 0 Å². The van der Waals surface area contributed by atoms with E-state index >= 15 is 0 Å². The normalized spacial score (nSPS) is 12.4. The molecule has 0 bridgehead atoms. The number of aliphatic hydroxyl groups excluding tert-OH is 1. The van der Waals surface area contributed by atoms with Gasteiger partial charge in [-0.1, -0.05) is 12.1 Å². The summed E-state index contributed by atoms with van der Waals surface area (Å²) in [5.74, 6) is 0. The Bertz CT molecular complexity index is 665. The third kappa shape index (κ3) is 2.58. The van der Waals surface area contributed by atoms with Gasteiger partial charge in [0.15, 0.2) is 0 Å². The predicted octanol–water partition coefficient (Wildman–Crippen LogP) is 0.808. The highest BCUT2D eigenvalue weighted by Crippen LogP contribution is 2.25. The largest absolute Gasteiger partial charge is 0.392 e. The Hall–Kier alpha value is -2.14. The lowest BCUT2D eigenvalue weighted by atomic mass is 9.98. The molecule has 0 saturated heterocycles. The van der Waals surface area contributed by atoms with Gasteiger partial charge in [-0.3, -0.25) is 9.59 Å². The highest BCUT2D eigenvalue weighted by atomic mass is 16.3. The van der Waals surface area contributed by atoms with E-state index in [1.807, 2.05) is 43.3 Å². The van der Waals surface area contributed by atoms with Crippen molar-refractivity contribution in [3.05, 3.63) is 44.7 Å². The molecule has 0 spiro atoms. The van der Waals surface area contributed by atoms with E-state index in [-0.39, 0.29) is 6.54 Å². The van der Waals surface area contributed by atoms with Crippen LogP contribution in [0.4, 0.5) is 11.4 Å². The molecule has 20 heavy (non-hydrogen) atoms. The van der Waals surface area contributed by atoms with Crippen LogP contribution in [0.25, 0.3) is 11.1 Å². The van der Waals surface area contributed by atoms with Gasteiger partial charge in [0, 0.05) is 26.3 Å². The van der Waals surface area contributed by atoms with E-state index in [0.29, 0.717) is 16.8 Å². The van der Waals surface area contributed by atoms with Crippen molar-refractivity contribution in [3.63, 3.8) is 0 Å². The molecule has 0 amide bonds. The zero-order valence-corrected chi connectivity index (χ0v) is 11.8. The van der Waals surface area contributed by atoms with Crippen molar-refractivity contribution in [3.8, 4) is 11.1 Å². The number of nitrogens with one attached hydrogen (secondary N) is 1. The topological polar surface area (TPSA) is 69.6 Å². The first-order chi connectivity index (χ1) is 9.41. The van der Waals surface area contributed by atoms with Crippen molar-refractivity contribution in [2.45, 2.75) is 13.0 Å². The van der Waals surface area contributed by atoms with E-state index in [1.165, 1.54) is 0 Å². The molecule has 0 aliphatic carbocycles. The van der Waals surface area contributed by atoms with Gasteiger partial charge >= 0.3 is 0 Å². The van der Waals surface area contributed by atoms with Crippen LogP contribution in [0, 0.1) is 0 Å². The Kier molecular flexibility index (Phi) is 3.90. The van der Waals surface area contributed by atoms with Gasteiger partial charge in [-0.15, -0.1) is 0 Å². The minimum Gasteiger partial charge on any atom is -0.392 e. The fourth-order valence-electron chi connectivity index (χ4n) is 2.01. The average molecular weight is 274 g/mol. The van der Waals surface area contributed by atoms with Gasteiger partial charge in [0.1, 0.15) is 0 Å². The summed E-state index contributed by atoms with van der Waals surface area (Å²) < 4.78 is 0. The minimum atomic E-state index is -0.580. The molecule has 0 saturated carbocycles. The highest BCUT2D eigenvalue weighted by Gasteiger charge is 2.22. The van der Waals surface area contributed by atoms with Crippen molar-refractivity contribution in [2.24, 2.45) is 0 Å². The van der Waals surface area contributed by atoms with Crippen molar-refractivity contribution >= 4 is 11.4 Å². The molecule has 1 atom stereocenters. The number of anilines is 2. The average Bonchev–Trinajstić information content (AvgIpc) is 2.42. The molecule has 2 rings (SSSR count). The van der Waals surface area contributed by atoms with E-state index in [1.54, 1.807) is 6.92 Å².